The molecule has 17 heavy (non-hydrogen) atoms. The van der Waals surface area contributed by atoms with E-state index in [2.05, 4.69) is 20.2 Å². The van der Waals surface area contributed by atoms with E-state index in [0.29, 0.717) is 5.82 Å². The third kappa shape index (κ3) is 1.44. The number of H-pyrrole nitrogens is 1. The normalized spacial score (nSPS) is 10.9. The maximum Gasteiger partial charge on any atom is 0.148 e. The van der Waals surface area contributed by atoms with Gasteiger partial charge >= 0.3 is 0 Å². The SMILES string of the molecule is Cc1c(N)n[nH]c1-c1cccc2nccnc12. The zero-order valence-electron chi connectivity index (χ0n) is 9.31. The molecule has 84 valence electrons. The Morgan fingerprint density at radius 2 is 2.00 bits per heavy atom. The number of aromatic nitrogens is 4. The second-order valence-electron chi connectivity index (χ2n) is 3.84. The lowest BCUT2D eigenvalue weighted by Crippen LogP contribution is -1.89. The fourth-order valence-electron chi connectivity index (χ4n) is 1.87. The number of nitrogens with one attached hydrogen (secondary N) is 1. The molecule has 3 rings (SSSR count). The molecule has 3 aromatic rings. The van der Waals surface area contributed by atoms with Crippen LogP contribution < -0.4 is 5.73 Å². The molecule has 0 fully saturated rings. The number of hydrogen-bond donors (Lipinski definition) is 2. The number of benzene rings is 1. The van der Waals surface area contributed by atoms with E-state index in [0.717, 1.165) is 27.9 Å². The van der Waals surface area contributed by atoms with Crippen molar-refractivity contribution in [3.63, 3.8) is 0 Å². The number of anilines is 1. The van der Waals surface area contributed by atoms with Crippen molar-refractivity contribution in [2.45, 2.75) is 6.92 Å². The van der Waals surface area contributed by atoms with Crippen LogP contribution in [0.1, 0.15) is 5.56 Å². The molecule has 0 aliphatic heterocycles. The topological polar surface area (TPSA) is 80.5 Å². The summed E-state index contributed by atoms with van der Waals surface area (Å²) in [5, 5.41) is 6.94. The molecule has 3 N–H and O–H groups in total. The van der Waals surface area contributed by atoms with Crippen LogP contribution in [0.3, 0.4) is 0 Å². The van der Waals surface area contributed by atoms with Crippen molar-refractivity contribution in [3.05, 3.63) is 36.2 Å². The lowest BCUT2D eigenvalue weighted by Gasteiger charge is -2.03. The predicted molar refractivity (Wildman–Crippen MR) is 66.3 cm³/mol. The predicted octanol–water partition coefficient (Wildman–Crippen LogP) is 1.91. The highest BCUT2D eigenvalue weighted by Gasteiger charge is 2.11. The standard InChI is InChI=1S/C12H11N5/c1-7-10(16-17-12(7)13)8-3-2-4-9-11(8)15-6-5-14-9/h2-6H,1H3,(H3,13,16,17). The van der Waals surface area contributed by atoms with Gasteiger partial charge in [-0.2, -0.15) is 5.10 Å². The maximum absolute atomic E-state index is 5.74. The van der Waals surface area contributed by atoms with Gasteiger partial charge in [0.15, 0.2) is 0 Å². The van der Waals surface area contributed by atoms with Crippen LogP contribution in [0.25, 0.3) is 22.3 Å². The Kier molecular flexibility index (Phi) is 2.04. The first-order valence-electron chi connectivity index (χ1n) is 5.28. The summed E-state index contributed by atoms with van der Waals surface area (Å²) in [5.41, 5.74) is 10.3. The fraction of sp³-hybridized carbons (Fsp3) is 0.0833. The monoisotopic (exact) mass is 225 g/mol. The van der Waals surface area contributed by atoms with Crippen LogP contribution in [-0.2, 0) is 0 Å². The average Bonchev–Trinajstić information content (AvgIpc) is 2.69. The third-order valence-electron chi connectivity index (χ3n) is 2.82. The van der Waals surface area contributed by atoms with E-state index in [1.165, 1.54) is 0 Å². The molecule has 0 unspecified atom stereocenters. The molecule has 0 atom stereocenters. The number of nitrogens with two attached hydrogens (primary N) is 1. The molecule has 0 amide bonds. The van der Waals surface area contributed by atoms with Gasteiger partial charge in [-0.25, -0.2) is 0 Å². The van der Waals surface area contributed by atoms with Crippen LogP contribution in [0, 0.1) is 6.92 Å². The molecule has 0 bridgehead atoms. The Bertz CT molecular complexity index is 681. The molecule has 5 heteroatoms. The fourth-order valence-corrected chi connectivity index (χ4v) is 1.87. The van der Waals surface area contributed by atoms with Crippen molar-refractivity contribution < 1.29 is 0 Å². The van der Waals surface area contributed by atoms with Crippen molar-refractivity contribution in [2.24, 2.45) is 0 Å². The molecule has 0 aliphatic rings. The first-order chi connectivity index (χ1) is 8.27. The minimum Gasteiger partial charge on any atom is -0.382 e. The minimum absolute atomic E-state index is 0.515. The Hall–Kier alpha value is -2.43. The zero-order chi connectivity index (χ0) is 11.8. The summed E-state index contributed by atoms with van der Waals surface area (Å²) >= 11 is 0. The van der Waals surface area contributed by atoms with Gasteiger partial charge in [0.05, 0.1) is 16.7 Å². The number of nitrogen functional groups attached to an aromatic ring is 1. The van der Waals surface area contributed by atoms with Crippen LogP contribution in [-0.4, -0.2) is 20.2 Å². The number of nitrogens with zero attached hydrogens (tertiary/aromatic N) is 3. The average molecular weight is 225 g/mol. The van der Waals surface area contributed by atoms with Crippen molar-refractivity contribution >= 4 is 16.9 Å². The summed E-state index contributed by atoms with van der Waals surface area (Å²) in [7, 11) is 0. The van der Waals surface area contributed by atoms with Crippen LogP contribution in [0.5, 0.6) is 0 Å². The molecule has 0 saturated heterocycles. The molecule has 5 nitrogen and oxygen atoms in total. The number of aromatic amines is 1. The molecule has 2 aromatic heterocycles. The maximum atomic E-state index is 5.74. The zero-order valence-corrected chi connectivity index (χ0v) is 9.31. The molecule has 0 spiro atoms. The van der Waals surface area contributed by atoms with E-state index < -0.39 is 0 Å². The lowest BCUT2D eigenvalue weighted by atomic mass is 10.1. The summed E-state index contributed by atoms with van der Waals surface area (Å²) in [4.78, 5) is 8.63. The number of hydrogen-bond acceptors (Lipinski definition) is 4. The van der Waals surface area contributed by atoms with E-state index in [4.69, 9.17) is 5.73 Å². The number of rotatable bonds is 1. The highest BCUT2D eigenvalue weighted by Crippen LogP contribution is 2.28. The summed E-state index contributed by atoms with van der Waals surface area (Å²) in [6.45, 7) is 1.93. The van der Waals surface area contributed by atoms with Crippen molar-refractivity contribution in [1.29, 1.82) is 0 Å². The van der Waals surface area contributed by atoms with Crippen molar-refractivity contribution in [1.82, 2.24) is 20.2 Å². The van der Waals surface area contributed by atoms with Crippen LogP contribution in [0.4, 0.5) is 5.82 Å². The smallest absolute Gasteiger partial charge is 0.148 e. The third-order valence-corrected chi connectivity index (χ3v) is 2.82. The second-order valence-corrected chi connectivity index (χ2v) is 3.84. The van der Waals surface area contributed by atoms with Crippen molar-refractivity contribution in [2.75, 3.05) is 5.73 Å². The first kappa shape index (κ1) is 9.77. The van der Waals surface area contributed by atoms with Gasteiger partial charge in [-0.05, 0) is 13.0 Å². The van der Waals surface area contributed by atoms with Gasteiger partial charge in [-0.3, -0.25) is 15.1 Å². The second kappa shape index (κ2) is 3.55. The molecule has 1 aromatic carbocycles. The van der Waals surface area contributed by atoms with Gasteiger partial charge < -0.3 is 5.73 Å². The summed E-state index contributed by atoms with van der Waals surface area (Å²) in [6, 6.07) is 5.86. The van der Waals surface area contributed by atoms with E-state index in [1.54, 1.807) is 12.4 Å². The van der Waals surface area contributed by atoms with Gasteiger partial charge in [0.1, 0.15) is 5.82 Å². The highest BCUT2D eigenvalue weighted by atomic mass is 15.2. The van der Waals surface area contributed by atoms with Gasteiger partial charge in [0.2, 0.25) is 0 Å². The molecular formula is C12H11N5. The quantitative estimate of drug-likeness (QED) is 0.663. The lowest BCUT2D eigenvalue weighted by molar-refractivity contribution is 1.10. The first-order valence-corrected chi connectivity index (χ1v) is 5.28. The summed E-state index contributed by atoms with van der Waals surface area (Å²) in [6.07, 6.45) is 3.36. The minimum atomic E-state index is 0.515. The van der Waals surface area contributed by atoms with Crippen LogP contribution in [0.2, 0.25) is 0 Å². The molecule has 0 radical (unpaired) electrons. The van der Waals surface area contributed by atoms with Gasteiger partial charge in [0, 0.05) is 23.5 Å². The van der Waals surface area contributed by atoms with Crippen LogP contribution >= 0.6 is 0 Å². The van der Waals surface area contributed by atoms with E-state index in [1.807, 2.05) is 25.1 Å². The molecule has 0 aliphatic carbocycles. The highest BCUT2D eigenvalue weighted by molar-refractivity contribution is 5.91. The Morgan fingerprint density at radius 3 is 2.76 bits per heavy atom. The summed E-state index contributed by atoms with van der Waals surface area (Å²) < 4.78 is 0. The Balaban J connectivity index is 2.34. The molecule has 2 heterocycles. The van der Waals surface area contributed by atoms with E-state index in [9.17, 15) is 0 Å². The number of para-hydroxylation sites is 1. The Morgan fingerprint density at radius 1 is 1.18 bits per heavy atom. The van der Waals surface area contributed by atoms with E-state index in [-0.39, 0.29) is 0 Å². The van der Waals surface area contributed by atoms with Gasteiger partial charge in [-0.15, -0.1) is 0 Å². The molecular weight excluding hydrogens is 214 g/mol. The summed E-state index contributed by atoms with van der Waals surface area (Å²) in [5.74, 6) is 0.515. The van der Waals surface area contributed by atoms with E-state index >= 15 is 0 Å². The number of fused-ring (bicyclic) bond motifs is 1. The Labute approximate surface area is 97.7 Å². The van der Waals surface area contributed by atoms with Gasteiger partial charge in [0.25, 0.3) is 0 Å². The van der Waals surface area contributed by atoms with Gasteiger partial charge in [-0.1, -0.05) is 12.1 Å². The van der Waals surface area contributed by atoms with Crippen LogP contribution in [0.15, 0.2) is 30.6 Å². The largest absolute Gasteiger partial charge is 0.382 e. The van der Waals surface area contributed by atoms with Crippen molar-refractivity contribution in [3.8, 4) is 11.3 Å². The molecule has 0 saturated carbocycles.